The van der Waals surface area contributed by atoms with Crippen LogP contribution in [0.2, 0.25) is 0 Å². The normalized spacial score (nSPS) is 23.9. The van der Waals surface area contributed by atoms with Crippen molar-refractivity contribution in [3.63, 3.8) is 0 Å². The fourth-order valence-corrected chi connectivity index (χ4v) is 4.67. The predicted octanol–water partition coefficient (Wildman–Crippen LogP) is 3.62. The molecule has 4 unspecified atom stereocenters. The molecular formula is C23H34O6. The zero-order valence-corrected chi connectivity index (χ0v) is 17.6. The Morgan fingerprint density at radius 3 is 2.93 bits per heavy atom. The first-order valence-electron chi connectivity index (χ1n) is 10.9. The second kappa shape index (κ2) is 11.0. The van der Waals surface area contributed by atoms with Gasteiger partial charge in [-0.1, -0.05) is 38.3 Å². The average Bonchev–Trinajstić information content (AvgIpc) is 3.11. The van der Waals surface area contributed by atoms with Crippen LogP contribution < -0.4 is 4.74 Å². The number of hydrogen-bond donors (Lipinski definition) is 1. The highest BCUT2D eigenvalue weighted by Gasteiger charge is 2.41. The molecule has 1 saturated heterocycles. The molecule has 6 heteroatoms. The predicted molar refractivity (Wildman–Crippen MR) is 109 cm³/mol. The molecule has 162 valence electrons. The van der Waals surface area contributed by atoms with Gasteiger partial charge < -0.3 is 14.6 Å². The van der Waals surface area contributed by atoms with Crippen LogP contribution in [0.25, 0.3) is 0 Å². The van der Waals surface area contributed by atoms with Crippen molar-refractivity contribution in [1.29, 1.82) is 0 Å². The lowest BCUT2D eigenvalue weighted by molar-refractivity contribution is -0.256. The molecule has 1 fully saturated rings. The van der Waals surface area contributed by atoms with Gasteiger partial charge in [0.25, 0.3) is 0 Å². The van der Waals surface area contributed by atoms with E-state index in [2.05, 4.69) is 22.8 Å². The molecule has 29 heavy (non-hydrogen) atoms. The van der Waals surface area contributed by atoms with Crippen molar-refractivity contribution < 1.29 is 29.1 Å². The minimum Gasteiger partial charge on any atom is -0.481 e. The Labute approximate surface area is 173 Å². The van der Waals surface area contributed by atoms with E-state index in [1.165, 1.54) is 31.1 Å². The fourth-order valence-electron chi connectivity index (χ4n) is 4.67. The topological polar surface area (TPSA) is 74.2 Å². The van der Waals surface area contributed by atoms with Crippen LogP contribution in [0.15, 0.2) is 18.2 Å². The summed E-state index contributed by atoms with van der Waals surface area (Å²) in [5.41, 5.74) is 2.44. The zero-order valence-electron chi connectivity index (χ0n) is 17.6. The van der Waals surface area contributed by atoms with E-state index < -0.39 is 5.97 Å². The first-order valence-corrected chi connectivity index (χ1v) is 10.9. The molecule has 1 heterocycles. The Morgan fingerprint density at radius 1 is 1.28 bits per heavy atom. The van der Waals surface area contributed by atoms with Gasteiger partial charge in [0.1, 0.15) is 5.75 Å². The fraction of sp³-hybridized carbons (Fsp3) is 0.696. The Morgan fingerprint density at radius 2 is 2.14 bits per heavy atom. The second-order valence-corrected chi connectivity index (χ2v) is 8.24. The number of aliphatic hydroxyl groups excluding tert-OH is 1. The highest BCUT2D eigenvalue weighted by Crippen LogP contribution is 2.42. The van der Waals surface area contributed by atoms with Crippen LogP contribution in [-0.2, 0) is 32.1 Å². The zero-order chi connectivity index (χ0) is 20.6. The Kier molecular flexibility index (Phi) is 8.33. The largest absolute Gasteiger partial charge is 0.481 e. The number of ether oxygens (including phenoxy) is 2. The molecule has 4 atom stereocenters. The maximum Gasteiger partial charge on any atom is 0.379 e. The highest BCUT2D eigenvalue weighted by atomic mass is 17.2. The summed E-state index contributed by atoms with van der Waals surface area (Å²) in [4.78, 5) is 20.3. The molecule has 1 aliphatic carbocycles. The third-order valence-electron chi connectivity index (χ3n) is 6.21. The molecule has 0 radical (unpaired) electrons. The molecule has 1 aromatic rings. The summed E-state index contributed by atoms with van der Waals surface area (Å²) >= 11 is 0. The maximum absolute atomic E-state index is 11.5. The van der Waals surface area contributed by atoms with Crippen LogP contribution >= 0.6 is 0 Å². The van der Waals surface area contributed by atoms with E-state index in [1.54, 1.807) is 0 Å². The third kappa shape index (κ3) is 5.93. The van der Waals surface area contributed by atoms with Gasteiger partial charge in [0.15, 0.2) is 6.61 Å². The minimum atomic E-state index is -0.555. The van der Waals surface area contributed by atoms with Crippen molar-refractivity contribution in [1.82, 2.24) is 0 Å². The number of benzene rings is 1. The molecule has 0 amide bonds. The monoisotopic (exact) mass is 406 g/mol. The van der Waals surface area contributed by atoms with Gasteiger partial charge >= 0.3 is 5.97 Å². The number of hydrogen-bond acceptors (Lipinski definition) is 6. The first-order chi connectivity index (χ1) is 14.1. The lowest BCUT2D eigenvalue weighted by Crippen LogP contribution is -2.30. The van der Waals surface area contributed by atoms with Gasteiger partial charge in [-0.05, 0) is 61.1 Å². The van der Waals surface area contributed by atoms with Crippen molar-refractivity contribution >= 4 is 5.97 Å². The number of carbonyl (C=O) groups excluding carboxylic acids is 1. The smallest absolute Gasteiger partial charge is 0.379 e. The van der Waals surface area contributed by atoms with E-state index in [0.717, 1.165) is 50.9 Å². The van der Waals surface area contributed by atoms with Gasteiger partial charge in [-0.3, -0.25) is 4.89 Å². The Hall–Kier alpha value is -1.63. The van der Waals surface area contributed by atoms with Gasteiger partial charge in [-0.25, -0.2) is 4.79 Å². The summed E-state index contributed by atoms with van der Waals surface area (Å²) in [5.74, 6) is 1.13. The van der Waals surface area contributed by atoms with Crippen molar-refractivity contribution in [2.24, 2.45) is 11.8 Å². The number of unbranched alkanes of at least 4 members (excludes halogenated alkanes) is 2. The summed E-state index contributed by atoms with van der Waals surface area (Å²) in [5, 5.41) is 10.2. The first kappa shape index (κ1) is 22.1. The molecular weight excluding hydrogens is 372 g/mol. The van der Waals surface area contributed by atoms with E-state index in [-0.39, 0.29) is 18.8 Å². The summed E-state index contributed by atoms with van der Waals surface area (Å²) in [6, 6.07) is 6.01. The number of fused-ring (bicyclic) bond motifs is 2. The molecule has 1 N–H and O–H groups in total. The molecule has 2 aliphatic rings. The molecule has 0 saturated carbocycles. The lowest BCUT2D eigenvalue weighted by Gasteiger charge is -2.30. The van der Waals surface area contributed by atoms with Crippen LogP contribution in [0.3, 0.4) is 0 Å². The molecule has 1 aromatic carbocycles. The summed E-state index contributed by atoms with van der Waals surface area (Å²) < 4.78 is 11.8. The second-order valence-electron chi connectivity index (χ2n) is 8.24. The Balaban J connectivity index is 1.56. The van der Waals surface area contributed by atoms with Crippen molar-refractivity contribution in [3.8, 4) is 5.75 Å². The lowest BCUT2D eigenvalue weighted by atomic mass is 9.74. The van der Waals surface area contributed by atoms with Crippen molar-refractivity contribution in [2.45, 2.75) is 70.5 Å². The quantitative estimate of drug-likeness (QED) is 0.344. The minimum absolute atomic E-state index is 0.173. The highest BCUT2D eigenvalue weighted by molar-refractivity contribution is 5.70. The molecule has 6 nitrogen and oxygen atoms in total. The molecule has 0 bridgehead atoms. The van der Waals surface area contributed by atoms with Crippen molar-refractivity contribution in [2.75, 3.05) is 20.3 Å². The maximum atomic E-state index is 11.5. The van der Waals surface area contributed by atoms with Crippen LogP contribution in [-0.4, -0.2) is 43.6 Å². The summed E-state index contributed by atoms with van der Waals surface area (Å²) in [6.45, 7) is 2.76. The van der Waals surface area contributed by atoms with E-state index in [4.69, 9.17) is 9.47 Å². The van der Waals surface area contributed by atoms with Gasteiger partial charge in [-0.2, -0.15) is 4.89 Å². The van der Waals surface area contributed by atoms with E-state index in [1.807, 2.05) is 12.1 Å². The van der Waals surface area contributed by atoms with E-state index >= 15 is 0 Å². The summed E-state index contributed by atoms with van der Waals surface area (Å²) in [6.07, 6.45) is 7.95. The van der Waals surface area contributed by atoms with E-state index in [0.29, 0.717) is 11.8 Å². The van der Waals surface area contributed by atoms with Gasteiger partial charge in [0, 0.05) is 0 Å². The van der Waals surface area contributed by atoms with Gasteiger partial charge in [-0.15, -0.1) is 0 Å². The molecule has 0 aromatic heterocycles. The van der Waals surface area contributed by atoms with Crippen LogP contribution in [0.4, 0.5) is 0 Å². The van der Waals surface area contributed by atoms with Crippen molar-refractivity contribution in [3.05, 3.63) is 29.3 Å². The van der Waals surface area contributed by atoms with E-state index in [9.17, 15) is 9.90 Å². The standard InChI is InChI=1S/C23H34O6/c1-3-4-5-8-18(24)10-11-22-20-12-16-7-6-9-21(28-15-23(25)29-26-2)19(16)13-17(20)14-27-22/h6-7,9,17-18,20,22,24H,3-5,8,10-15H2,1-2H3. The van der Waals surface area contributed by atoms with Crippen LogP contribution in [0, 0.1) is 11.8 Å². The molecule has 0 spiro atoms. The van der Waals surface area contributed by atoms with Crippen LogP contribution in [0.1, 0.15) is 56.6 Å². The summed E-state index contributed by atoms with van der Waals surface area (Å²) in [7, 11) is 1.29. The third-order valence-corrected chi connectivity index (χ3v) is 6.21. The molecule has 1 aliphatic heterocycles. The van der Waals surface area contributed by atoms with Gasteiger partial charge in [0.2, 0.25) is 0 Å². The number of aliphatic hydroxyl groups is 1. The average molecular weight is 407 g/mol. The number of carbonyl (C=O) groups is 1. The molecule has 3 rings (SSSR count). The van der Waals surface area contributed by atoms with Crippen LogP contribution in [0.5, 0.6) is 5.75 Å². The Bertz CT molecular complexity index is 661. The SMILES string of the molecule is CCCCCC(O)CCC1OCC2Cc3c(cccc3OCC(=O)OOC)CC21. The van der Waals surface area contributed by atoms with Gasteiger partial charge in [0.05, 0.1) is 25.9 Å². The number of rotatable bonds is 11.